The second-order valence-corrected chi connectivity index (χ2v) is 11.4. The van der Waals surface area contributed by atoms with Crippen molar-refractivity contribution in [1.82, 2.24) is 14.6 Å². The Labute approximate surface area is 199 Å². The van der Waals surface area contributed by atoms with Crippen LogP contribution in [0.25, 0.3) is 10.6 Å². The third-order valence-corrected chi connectivity index (χ3v) is 8.88. The lowest BCUT2D eigenvalue weighted by Gasteiger charge is -2.30. The van der Waals surface area contributed by atoms with Crippen molar-refractivity contribution >= 4 is 27.3 Å². The molecule has 1 aliphatic rings. The maximum atomic E-state index is 13.0. The standard InChI is InChI=1S/C25H29N3O3S2/c1-18(2)19-8-10-23(11-9-19)33(30,31)28-14-12-20(13-15-28)24(29)26-16-22-17-32-25(27-22)21-6-4-3-5-7-21/h3-11,17-18,20H,12-16H2,1-2H3,(H,26,29). The highest BCUT2D eigenvalue weighted by molar-refractivity contribution is 7.89. The van der Waals surface area contributed by atoms with Crippen molar-refractivity contribution in [2.75, 3.05) is 13.1 Å². The molecule has 1 saturated heterocycles. The number of carbonyl (C=O) groups excluding carboxylic acids is 1. The molecule has 8 heteroatoms. The van der Waals surface area contributed by atoms with Crippen LogP contribution in [0.1, 0.15) is 43.9 Å². The number of carbonyl (C=O) groups is 1. The fourth-order valence-corrected chi connectivity index (χ4v) is 6.25. The Balaban J connectivity index is 1.29. The van der Waals surface area contributed by atoms with Gasteiger partial charge in [-0.3, -0.25) is 4.79 Å². The molecule has 0 aliphatic carbocycles. The Kier molecular flexibility index (Phi) is 7.26. The summed E-state index contributed by atoms with van der Waals surface area (Å²) in [6.45, 7) is 5.23. The van der Waals surface area contributed by atoms with Crippen LogP contribution in [0.4, 0.5) is 0 Å². The van der Waals surface area contributed by atoms with Crippen molar-refractivity contribution in [3.63, 3.8) is 0 Å². The SMILES string of the molecule is CC(C)c1ccc(S(=O)(=O)N2CCC(C(=O)NCc3csc(-c4ccccc4)n3)CC2)cc1. The molecule has 6 nitrogen and oxygen atoms in total. The first-order valence-electron chi connectivity index (χ1n) is 11.2. The molecule has 1 aromatic heterocycles. The van der Waals surface area contributed by atoms with Gasteiger partial charge in [-0.15, -0.1) is 11.3 Å². The van der Waals surface area contributed by atoms with Crippen molar-refractivity contribution in [1.29, 1.82) is 0 Å². The number of piperidine rings is 1. The molecule has 174 valence electrons. The van der Waals surface area contributed by atoms with E-state index in [9.17, 15) is 13.2 Å². The van der Waals surface area contributed by atoms with Gasteiger partial charge < -0.3 is 5.32 Å². The van der Waals surface area contributed by atoms with Gasteiger partial charge in [-0.05, 0) is 36.5 Å². The highest BCUT2D eigenvalue weighted by Crippen LogP contribution is 2.26. The van der Waals surface area contributed by atoms with Crippen LogP contribution in [0.3, 0.4) is 0 Å². The Hall–Kier alpha value is -2.55. The molecule has 33 heavy (non-hydrogen) atoms. The van der Waals surface area contributed by atoms with Gasteiger partial charge in [0.15, 0.2) is 0 Å². The molecule has 1 aliphatic heterocycles. The number of hydrogen-bond acceptors (Lipinski definition) is 5. The number of nitrogens with one attached hydrogen (secondary N) is 1. The average Bonchev–Trinajstić information content (AvgIpc) is 3.32. The largest absolute Gasteiger partial charge is 0.350 e. The molecule has 3 aromatic rings. The molecule has 1 N–H and O–H groups in total. The molecule has 0 saturated carbocycles. The summed E-state index contributed by atoms with van der Waals surface area (Å²) in [7, 11) is -3.54. The van der Waals surface area contributed by atoms with E-state index in [1.165, 1.54) is 4.31 Å². The molecule has 4 rings (SSSR count). The van der Waals surface area contributed by atoms with Crippen LogP contribution in [0, 0.1) is 5.92 Å². The molecule has 0 bridgehead atoms. The fourth-order valence-electron chi connectivity index (χ4n) is 3.96. The summed E-state index contributed by atoms with van der Waals surface area (Å²) in [4.78, 5) is 17.6. The van der Waals surface area contributed by atoms with Gasteiger partial charge in [-0.2, -0.15) is 4.31 Å². The van der Waals surface area contributed by atoms with Crippen LogP contribution < -0.4 is 5.32 Å². The second kappa shape index (κ2) is 10.2. The Morgan fingerprint density at radius 3 is 2.39 bits per heavy atom. The van der Waals surface area contributed by atoms with Crippen LogP contribution in [-0.4, -0.2) is 36.7 Å². The Morgan fingerprint density at radius 1 is 1.09 bits per heavy atom. The lowest BCUT2D eigenvalue weighted by molar-refractivity contribution is -0.126. The number of rotatable bonds is 7. The molecule has 0 atom stereocenters. The molecule has 0 radical (unpaired) electrons. The average molecular weight is 484 g/mol. The fraction of sp³-hybridized carbons (Fsp3) is 0.360. The van der Waals surface area contributed by atoms with Crippen LogP contribution in [0.5, 0.6) is 0 Å². The first kappa shape index (κ1) is 23.6. The topological polar surface area (TPSA) is 79.4 Å². The predicted octanol–water partition coefficient (Wildman–Crippen LogP) is 4.65. The zero-order valence-corrected chi connectivity index (χ0v) is 20.5. The van der Waals surface area contributed by atoms with E-state index in [1.54, 1.807) is 23.5 Å². The van der Waals surface area contributed by atoms with Gasteiger partial charge in [0.2, 0.25) is 15.9 Å². The van der Waals surface area contributed by atoms with E-state index in [-0.39, 0.29) is 11.8 Å². The van der Waals surface area contributed by atoms with Crippen molar-refractivity contribution in [3.05, 3.63) is 71.2 Å². The van der Waals surface area contributed by atoms with E-state index in [2.05, 4.69) is 24.1 Å². The highest BCUT2D eigenvalue weighted by Gasteiger charge is 2.32. The third-order valence-electron chi connectivity index (χ3n) is 6.03. The summed E-state index contributed by atoms with van der Waals surface area (Å²) in [5, 5.41) is 5.86. The van der Waals surface area contributed by atoms with Crippen LogP contribution in [0.15, 0.2) is 64.9 Å². The summed E-state index contributed by atoms with van der Waals surface area (Å²) in [6.07, 6.45) is 1.03. The summed E-state index contributed by atoms with van der Waals surface area (Å²) in [6, 6.07) is 17.1. The van der Waals surface area contributed by atoms with Gasteiger partial charge in [-0.25, -0.2) is 13.4 Å². The molecule has 0 spiro atoms. The molecular weight excluding hydrogens is 454 g/mol. The van der Waals surface area contributed by atoms with Gasteiger partial charge in [-0.1, -0.05) is 56.3 Å². The summed E-state index contributed by atoms with van der Waals surface area (Å²) in [5.74, 6) is 0.125. The van der Waals surface area contributed by atoms with E-state index >= 15 is 0 Å². The van der Waals surface area contributed by atoms with Crippen molar-refractivity contribution in [3.8, 4) is 10.6 Å². The minimum Gasteiger partial charge on any atom is -0.350 e. The van der Waals surface area contributed by atoms with E-state index in [0.29, 0.717) is 43.3 Å². The number of hydrogen-bond donors (Lipinski definition) is 1. The van der Waals surface area contributed by atoms with Crippen molar-refractivity contribution in [2.24, 2.45) is 5.92 Å². The van der Waals surface area contributed by atoms with Gasteiger partial charge in [0.05, 0.1) is 17.1 Å². The van der Waals surface area contributed by atoms with E-state index in [4.69, 9.17) is 0 Å². The Morgan fingerprint density at radius 2 is 1.76 bits per heavy atom. The molecule has 0 unspecified atom stereocenters. The maximum absolute atomic E-state index is 13.0. The minimum atomic E-state index is -3.54. The first-order valence-corrected chi connectivity index (χ1v) is 13.5. The number of aromatic nitrogens is 1. The number of sulfonamides is 1. The minimum absolute atomic E-state index is 0.0393. The number of thiazole rings is 1. The summed E-state index contributed by atoms with van der Waals surface area (Å²) < 4.78 is 27.5. The maximum Gasteiger partial charge on any atom is 0.243 e. The molecule has 1 amide bonds. The molecule has 2 aromatic carbocycles. The molecular formula is C25H29N3O3S2. The highest BCUT2D eigenvalue weighted by atomic mass is 32.2. The lowest BCUT2D eigenvalue weighted by atomic mass is 9.97. The van der Waals surface area contributed by atoms with Gasteiger partial charge in [0, 0.05) is 30.0 Å². The smallest absolute Gasteiger partial charge is 0.243 e. The van der Waals surface area contributed by atoms with E-state index < -0.39 is 10.0 Å². The monoisotopic (exact) mass is 483 g/mol. The van der Waals surface area contributed by atoms with Gasteiger partial charge in [0.25, 0.3) is 0 Å². The van der Waals surface area contributed by atoms with Gasteiger partial charge in [0.1, 0.15) is 5.01 Å². The normalized spacial score (nSPS) is 15.6. The molecule has 2 heterocycles. The quantitative estimate of drug-likeness (QED) is 0.531. The first-order chi connectivity index (χ1) is 15.8. The third kappa shape index (κ3) is 5.51. The van der Waals surface area contributed by atoms with Crippen LogP contribution in [-0.2, 0) is 21.4 Å². The van der Waals surface area contributed by atoms with Crippen molar-refractivity contribution in [2.45, 2.75) is 44.0 Å². The predicted molar refractivity (Wildman–Crippen MR) is 131 cm³/mol. The zero-order chi connectivity index (χ0) is 23.4. The number of amides is 1. The number of nitrogens with zero attached hydrogens (tertiary/aromatic N) is 2. The van der Waals surface area contributed by atoms with Crippen LogP contribution in [0.2, 0.25) is 0 Å². The molecule has 1 fully saturated rings. The van der Waals surface area contributed by atoms with Crippen LogP contribution >= 0.6 is 11.3 Å². The summed E-state index contributed by atoms with van der Waals surface area (Å²) in [5.41, 5.74) is 3.00. The number of benzene rings is 2. The Bertz CT molecular complexity index is 1180. The van der Waals surface area contributed by atoms with Gasteiger partial charge >= 0.3 is 0 Å². The van der Waals surface area contributed by atoms with E-state index in [0.717, 1.165) is 21.8 Å². The van der Waals surface area contributed by atoms with E-state index in [1.807, 2.05) is 47.8 Å². The summed E-state index contributed by atoms with van der Waals surface area (Å²) >= 11 is 1.56. The lowest BCUT2D eigenvalue weighted by Crippen LogP contribution is -2.42. The zero-order valence-electron chi connectivity index (χ0n) is 18.9. The second-order valence-electron chi connectivity index (χ2n) is 8.63. The van der Waals surface area contributed by atoms with Crippen molar-refractivity contribution < 1.29 is 13.2 Å².